The monoisotopic (exact) mass is 759 g/mol. The van der Waals surface area contributed by atoms with E-state index in [2.05, 4.69) is 16.0 Å². The number of aryl methyl sites for hydroxylation is 1. The molecule has 4 aromatic carbocycles. The number of carbonyl (C=O) groups excluding carboxylic acids is 4. The summed E-state index contributed by atoms with van der Waals surface area (Å²) in [7, 11) is 1.56. The highest BCUT2D eigenvalue weighted by Gasteiger charge is 2.30. The third kappa shape index (κ3) is 9.66. The number of nitrogens with one attached hydrogen (secondary N) is 3. The molecular formula is C43H41N3O6S2. The maximum Gasteiger partial charge on any atom is 0.341 e. The van der Waals surface area contributed by atoms with Crippen LogP contribution in [0.4, 0.5) is 10.7 Å². The standard InChI is InChI=1S/C43H41N3O6S2/c1-3-52-43(50)37-34-23-11-6-12-24-36(34)54-42(37)46-41(49)38(29-16-7-4-8-17-29)53-33-22-14-20-31(27-33)44-40(48)35(26-28-15-13-21-32(25-28)51-2)45-39(47)30-18-9-5-10-19-30/h4-5,7-10,13-22,25-27,38H,3,6,11-12,23-24H2,1-2H3,(H,44,48)(H,45,47)(H,46,49)/b35-26-. The van der Waals surface area contributed by atoms with Crippen molar-refractivity contribution in [2.24, 2.45) is 0 Å². The average Bonchev–Trinajstić information content (AvgIpc) is 3.36. The minimum absolute atomic E-state index is 0.0310. The van der Waals surface area contributed by atoms with Crippen molar-refractivity contribution in [2.45, 2.75) is 49.2 Å². The maximum absolute atomic E-state index is 14.2. The van der Waals surface area contributed by atoms with Crippen molar-refractivity contribution in [3.8, 4) is 5.75 Å². The smallest absolute Gasteiger partial charge is 0.341 e. The molecule has 3 amide bonds. The van der Waals surface area contributed by atoms with E-state index in [1.165, 1.54) is 23.1 Å². The maximum atomic E-state index is 14.2. The van der Waals surface area contributed by atoms with Gasteiger partial charge in [0, 0.05) is 21.0 Å². The van der Waals surface area contributed by atoms with Gasteiger partial charge in [0.1, 0.15) is 21.7 Å². The van der Waals surface area contributed by atoms with E-state index in [1.807, 2.05) is 42.5 Å². The Morgan fingerprint density at radius 2 is 1.57 bits per heavy atom. The molecule has 1 aliphatic rings. The summed E-state index contributed by atoms with van der Waals surface area (Å²) in [6, 6.07) is 32.4. The Morgan fingerprint density at radius 3 is 2.33 bits per heavy atom. The van der Waals surface area contributed by atoms with Crippen LogP contribution in [0.15, 0.2) is 120 Å². The summed E-state index contributed by atoms with van der Waals surface area (Å²) >= 11 is 2.79. The van der Waals surface area contributed by atoms with Crippen LogP contribution in [0.5, 0.6) is 5.75 Å². The quantitative estimate of drug-likeness (QED) is 0.0474. The van der Waals surface area contributed by atoms with Gasteiger partial charge in [-0.1, -0.05) is 73.2 Å². The zero-order valence-electron chi connectivity index (χ0n) is 30.1. The average molecular weight is 760 g/mol. The molecule has 6 rings (SSSR count). The molecule has 11 heteroatoms. The van der Waals surface area contributed by atoms with Crippen LogP contribution in [0.3, 0.4) is 0 Å². The van der Waals surface area contributed by atoms with Gasteiger partial charge in [-0.2, -0.15) is 0 Å². The Morgan fingerprint density at radius 1 is 0.833 bits per heavy atom. The van der Waals surface area contributed by atoms with Gasteiger partial charge in [-0.3, -0.25) is 14.4 Å². The van der Waals surface area contributed by atoms with Crippen molar-refractivity contribution < 1.29 is 28.7 Å². The number of rotatable bonds is 13. The van der Waals surface area contributed by atoms with E-state index >= 15 is 0 Å². The molecule has 0 spiro atoms. The van der Waals surface area contributed by atoms with Crippen LogP contribution < -0.4 is 20.7 Å². The van der Waals surface area contributed by atoms with E-state index in [0.29, 0.717) is 33.1 Å². The van der Waals surface area contributed by atoms with Gasteiger partial charge in [-0.25, -0.2) is 4.79 Å². The normalized spacial score (nSPS) is 13.1. The lowest BCUT2D eigenvalue weighted by Crippen LogP contribution is -2.30. The second-order valence-electron chi connectivity index (χ2n) is 12.5. The Labute approximate surface area is 323 Å². The van der Waals surface area contributed by atoms with Crippen LogP contribution in [0.2, 0.25) is 0 Å². The van der Waals surface area contributed by atoms with Crippen molar-refractivity contribution in [2.75, 3.05) is 24.4 Å². The van der Waals surface area contributed by atoms with E-state index in [1.54, 1.807) is 86.8 Å². The second kappa shape index (κ2) is 18.4. The van der Waals surface area contributed by atoms with Gasteiger partial charge in [-0.05, 0) is 97.8 Å². The van der Waals surface area contributed by atoms with Crippen LogP contribution in [-0.2, 0) is 27.2 Å². The number of carbonyl (C=O) groups is 4. The Balaban J connectivity index is 1.25. The summed E-state index contributed by atoms with van der Waals surface area (Å²) < 4.78 is 10.8. The highest BCUT2D eigenvalue weighted by molar-refractivity contribution is 8.00. The highest BCUT2D eigenvalue weighted by atomic mass is 32.2. The molecule has 0 fully saturated rings. The van der Waals surface area contributed by atoms with Crippen LogP contribution in [-0.4, -0.2) is 37.4 Å². The minimum Gasteiger partial charge on any atom is -0.497 e. The largest absolute Gasteiger partial charge is 0.497 e. The molecule has 0 saturated carbocycles. The van der Waals surface area contributed by atoms with Crippen LogP contribution in [0.25, 0.3) is 6.08 Å². The molecule has 9 nitrogen and oxygen atoms in total. The fourth-order valence-electron chi connectivity index (χ4n) is 6.15. The van der Waals surface area contributed by atoms with Crippen LogP contribution in [0, 0.1) is 0 Å². The molecule has 1 atom stereocenters. The molecule has 1 aromatic heterocycles. The molecule has 1 aliphatic carbocycles. The van der Waals surface area contributed by atoms with E-state index in [4.69, 9.17) is 9.47 Å². The van der Waals surface area contributed by atoms with Gasteiger partial charge in [-0.15, -0.1) is 23.1 Å². The van der Waals surface area contributed by atoms with Crippen molar-refractivity contribution in [1.82, 2.24) is 5.32 Å². The summed E-state index contributed by atoms with van der Waals surface area (Å²) in [5.41, 5.74) is 3.78. The number of benzene rings is 4. The van der Waals surface area contributed by atoms with E-state index < -0.39 is 23.0 Å². The number of hydrogen-bond acceptors (Lipinski definition) is 8. The molecule has 3 N–H and O–H groups in total. The van der Waals surface area contributed by atoms with Crippen LogP contribution >= 0.6 is 23.1 Å². The fourth-order valence-corrected chi connectivity index (χ4v) is 8.51. The molecule has 0 bridgehead atoms. The number of ether oxygens (including phenoxy) is 2. The van der Waals surface area contributed by atoms with Gasteiger partial charge in [0.05, 0.1) is 19.3 Å². The predicted octanol–water partition coefficient (Wildman–Crippen LogP) is 9.08. The first kappa shape index (κ1) is 38.1. The number of amides is 3. The highest BCUT2D eigenvalue weighted by Crippen LogP contribution is 2.41. The third-order valence-corrected chi connectivity index (χ3v) is 11.2. The Kier molecular flexibility index (Phi) is 13.0. The number of methoxy groups -OCH3 is 1. The Bertz CT molecular complexity index is 2150. The molecule has 276 valence electrons. The molecule has 54 heavy (non-hydrogen) atoms. The second-order valence-corrected chi connectivity index (χ2v) is 14.8. The van der Waals surface area contributed by atoms with Crippen molar-refractivity contribution in [3.63, 3.8) is 0 Å². The van der Waals surface area contributed by atoms with E-state index in [0.717, 1.165) is 53.0 Å². The van der Waals surface area contributed by atoms with Crippen molar-refractivity contribution in [3.05, 3.63) is 148 Å². The molecular weight excluding hydrogens is 719 g/mol. The molecule has 0 radical (unpaired) electrons. The number of thioether (sulfide) groups is 1. The molecule has 0 saturated heterocycles. The molecule has 0 aliphatic heterocycles. The Hall–Kier alpha value is -5.65. The summed E-state index contributed by atoms with van der Waals surface area (Å²) in [6.07, 6.45) is 6.34. The number of fused-ring (bicyclic) bond motifs is 1. The molecule has 1 heterocycles. The fraction of sp³-hybridized carbons (Fsp3) is 0.209. The summed E-state index contributed by atoms with van der Waals surface area (Å²) in [5, 5.41) is 8.61. The van der Waals surface area contributed by atoms with Crippen molar-refractivity contribution >= 4 is 63.6 Å². The van der Waals surface area contributed by atoms with Gasteiger partial charge in [0.15, 0.2) is 0 Å². The summed E-state index contributed by atoms with van der Waals surface area (Å²) in [4.78, 5) is 56.3. The first-order valence-electron chi connectivity index (χ1n) is 17.8. The minimum atomic E-state index is -0.692. The number of anilines is 2. The van der Waals surface area contributed by atoms with E-state index in [-0.39, 0.29) is 18.2 Å². The zero-order valence-corrected chi connectivity index (χ0v) is 31.7. The topological polar surface area (TPSA) is 123 Å². The molecule has 1 unspecified atom stereocenters. The third-order valence-electron chi connectivity index (χ3n) is 8.76. The van der Waals surface area contributed by atoms with Gasteiger partial charge in [0.25, 0.3) is 11.8 Å². The van der Waals surface area contributed by atoms with Gasteiger partial charge < -0.3 is 25.4 Å². The van der Waals surface area contributed by atoms with Crippen molar-refractivity contribution in [1.29, 1.82) is 0 Å². The lowest BCUT2D eigenvalue weighted by molar-refractivity contribution is -0.116. The van der Waals surface area contributed by atoms with Crippen LogP contribution in [0.1, 0.15) is 73.7 Å². The SMILES string of the molecule is CCOC(=O)c1c(NC(=O)C(Sc2cccc(NC(=O)/C(=C/c3cccc(OC)c3)NC(=O)c3ccccc3)c2)c2ccccc2)sc2c1CCCCC2. The first-order chi connectivity index (χ1) is 26.3. The number of thiophene rings is 1. The van der Waals surface area contributed by atoms with E-state index in [9.17, 15) is 19.2 Å². The lowest BCUT2D eigenvalue weighted by Gasteiger charge is -2.18. The predicted molar refractivity (Wildman–Crippen MR) is 215 cm³/mol. The summed E-state index contributed by atoms with van der Waals surface area (Å²) in [5.74, 6) is -1.07. The lowest BCUT2D eigenvalue weighted by atomic mass is 10.1. The zero-order chi connectivity index (χ0) is 37.9. The summed E-state index contributed by atoms with van der Waals surface area (Å²) in [6.45, 7) is 2.02. The van der Waals surface area contributed by atoms with Gasteiger partial charge >= 0.3 is 5.97 Å². The molecule has 5 aromatic rings. The van der Waals surface area contributed by atoms with Gasteiger partial charge in [0.2, 0.25) is 5.91 Å². The number of hydrogen-bond donors (Lipinski definition) is 3. The number of esters is 1. The first-order valence-corrected chi connectivity index (χ1v) is 19.5.